The number of carbonyl (C=O) groups is 1. The first-order valence-corrected chi connectivity index (χ1v) is 7.27. The van der Waals surface area contributed by atoms with E-state index in [0.29, 0.717) is 0 Å². The van der Waals surface area contributed by atoms with Gasteiger partial charge < -0.3 is 10.2 Å². The predicted molar refractivity (Wildman–Crippen MR) is 87.7 cm³/mol. The van der Waals surface area contributed by atoms with E-state index in [1.54, 1.807) is 6.21 Å². The fraction of sp³-hybridized carbons (Fsp3) is 0.222. The second-order valence-electron chi connectivity index (χ2n) is 5.08. The summed E-state index contributed by atoms with van der Waals surface area (Å²) in [4.78, 5) is 16.8. The lowest BCUT2D eigenvalue weighted by Crippen LogP contribution is -2.36. The lowest BCUT2D eigenvalue weighted by molar-refractivity contribution is -0.126. The minimum Gasteiger partial charge on any atom is -0.386 e. The van der Waals surface area contributed by atoms with Crippen LogP contribution < -0.4 is 5.32 Å². The highest BCUT2D eigenvalue weighted by Crippen LogP contribution is 2.02. The quantitative estimate of drug-likeness (QED) is 0.631. The number of oxime groups is 1. The molecule has 2 rings (SSSR count). The van der Waals surface area contributed by atoms with Crippen LogP contribution in [0.2, 0.25) is 0 Å². The van der Waals surface area contributed by atoms with Crippen LogP contribution in [0.1, 0.15) is 18.1 Å². The lowest BCUT2D eigenvalue weighted by Gasteiger charge is -2.13. The van der Waals surface area contributed by atoms with Crippen molar-refractivity contribution in [2.75, 3.05) is 6.61 Å². The van der Waals surface area contributed by atoms with Gasteiger partial charge in [-0.1, -0.05) is 65.8 Å². The largest absolute Gasteiger partial charge is 0.386 e. The van der Waals surface area contributed by atoms with Gasteiger partial charge in [-0.15, -0.1) is 0 Å². The summed E-state index contributed by atoms with van der Waals surface area (Å²) in [6.07, 6.45) is 2.38. The summed E-state index contributed by atoms with van der Waals surface area (Å²) in [6.45, 7) is 1.89. The van der Waals surface area contributed by atoms with Crippen molar-refractivity contribution in [3.63, 3.8) is 0 Å². The van der Waals surface area contributed by atoms with Crippen LogP contribution >= 0.6 is 0 Å². The summed E-state index contributed by atoms with van der Waals surface area (Å²) in [5.74, 6) is -0.173. The van der Waals surface area contributed by atoms with E-state index in [1.807, 2.05) is 67.6 Å². The molecule has 0 aliphatic rings. The standard InChI is InChI=1S/C18H20N2O2/c1-15(12-16-8-4-2-5-9-16)20-18(21)14-22-19-13-17-10-6-3-7-11-17/h2-11,13,15H,12,14H2,1H3,(H,20,21)/b19-13-/t15-/m0/s1. The Kier molecular flexibility index (Phi) is 6.18. The molecule has 0 aromatic heterocycles. The Morgan fingerprint density at radius 2 is 1.77 bits per heavy atom. The second-order valence-corrected chi connectivity index (χ2v) is 5.08. The number of carbonyl (C=O) groups excluding carboxylic acids is 1. The zero-order chi connectivity index (χ0) is 15.6. The highest BCUT2D eigenvalue weighted by atomic mass is 16.6. The number of nitrogens with one attached hydrogen (secondary N) is 1. The van der Waals surface area contributed by atoms with Crippen molar-refractivity contribution in [2.24, 2.45) is 5.16 Å². The topological polar surface area (TPSA) is 50.7 Å². The molecule has 22 heavy (non-hydrogen) atoms. The van der Waals surface area contributed by atoms with Gasteiger partial charge in [0.25, 0.3) is 5.91 Å². The molecule has 0 aliphatic carbocycles. The maximum absolute atomic E-state index is 11.7. The van der Waals surface area contributed by atoms with Gasteiger partial charge in [0.2, 0.25) is 0 Å². The average Bonchev–Trinajstić information content (AvgIpc) is 2.53. The van der Waals surface area contributed by atoms with Gasteiger partial charge in [-0.25, -0.2) is 0 Å². The Labute approximate surface area is 130 Å². The van der Waals surface area contributed by atoms with E-state index in [9.17, 15) is 4.79 Å². The Morgan fingerprint density at radius 1 is 1.14 bits per heavy atom. The van der Waals surface area contributed by atoms with Crippen molar-refractivity contribution in [3.05, 3.63) is 71.8 Å². The molecule has 0 fully saturated rings. The Balaban J connectivity index is 1.68. The van der Waals surface area contributed by atoms with Crippen LogP contribution in [-0.4, -0.2) is 24.8 Å². The Morgan fingerprint density at radius 3 is 2.45 bits per heavy atom. The molecule has 2 aromatic rings. The van der Waals surface area contributed by atoms with E-state index in [0.717, 1.165) is 12.0 Å². The van der Waals surface area contributed by atoms with Crippen LogP contribution in [0, 0.1) is 0 Å². The van der Waals surface area contributed by atoms with Crippen LogP contribution in [-0.2, 0) is 16.1 Å². The maximum Gasteiger partial charge on any atom is 0.260 e. The third-order valence-corrected chi connectivity index (χ3v) is 3.06. The molecule has 0 spiro atoms. The summed E-state index contributed by atoms with van der Waals surface area (Å²) < 4.78 is 0. The fourth-order valence-electron chi connectivity index (χ4n) is 2.07. The molecular formula is C18H20N2O2. The molecule has 2 aromatic carbocycles. The zero-order valence-corrected chi connectivity index (χ0v) is 12.6. The van der Waals surface area contributed by atoms with Crippen molar-refractivity contribution >= 4 is 12.1 Å². The fourth-order valence-corrected chi connectivity index (χ4v) is 2.07. The van der Waals surface area contributed by atoms with Gasteiger partial charge >= 0.3 is 0 Å². The second kappa shape index (κ2) is 8.62. The summed E-state index contributed by atoms with van der Waals surface area (Å²) >= 11 is 0. The van der Waals surface area contributed by atoms with Crippen LogP contribution in [0.25, 0.3) is 0 Å². The van der Waals surface area contributed by atoms with Gasteiger partial charge in [0.15, 0.2) is 6.61 Å². The molecule has 0 aliphatic heterocycles. The van der Waals surface area contributed by atoms with Crippen LogP contribution in [0.3, 0.4) is 0 Å². The Hall–Kier alpha value is -2.62. The van der Waals surface area contributed by atoms with E-state index < -0.39 is 0 Å². The third-order valence-electron chi connectivity index (χ3n) is 3.06. The molecule has 4 heteroatoms. The highest BCUT2D eigenvalue weighted by Gasteiger charge is 2.08. The first-order chi connectivity index (χ1) is 10.7. The third kappa shape index (κ3) is 5.79. The summed E-state index contributed by atoms with van der Waals surface area (Å²) in [5, 5.41) is 6.68. The molecule has 114 valence electrons. The molecular weight excluding hydrogens is 276 g/mol. The van der Waals surface area contributed by atoms with E-state index in [4.69, 9.17) is 4.84 Å². The zero-order valence-electron chi connectivity index (χ0n) is 12.6. The van der Waals surface area contributed by atoms with Crippen LogP contribution in [0.5, 0.6) is 0 Å². The van der Waals surface area contributed by atoms with Crippen molar-refractivity contribution in [2.45, 2.75) is 19.4 Å². The van der Waals surface area contributed by atoms with Crippen molar-refractivity contribution in [3.8, 4) is 0 Å². The predicted octanol–water partition coefficient (Wildman–Crippen LogP) is 2.78. The minimum atomic E-state index is -0.173. The van der Waals surface area contributed by atoms with Gasteiger partial charge in [0, 0.05) is 6.04 Å². The summed E-state index contributed by atoms with van der Waals surface area (Å²) in [6, 6.07) is 19.7. The average molecular weight is 296 g/mol. The van der Waals surface area contributed by atoms with Gasteiger partial charge in [-0.2, -0.15) is 0 Å². The molecule has 1 amide bonds. The van der Waals surface area contributed by atoms with E-state index in [1.165, 1.54) is 5.56 Å². The number of nitrogens with zero attached hydrogens (tertiary/aromatic N) is 1. The summed E-state index contributed by atoms with van der Waals surface area (Å²) in [5.41, 5.74) is 2.12. The van der Waals surface area contributed by atoms with Gasteiger partial charge in [0.05, 0.1) is 6.21 Å². The molecule has 0 radical (unpaired) electrons. The van der Waals surface area contributed by atoms with E-state index in [2.05, 4.69) is 10.5 Å². The van der Waals surface area contributed by atoms with Crippen molar-refractivity contribution in [1.29, 1.82) is 0 Å². The molecule has 0 heterocycles. The smallest absolute Gasteiger partial charge is 0.260 e. The molecule has 0 saturated heterocycles. The number of hydrogen-bond donors (Lipinski definition) is 1. The maximum atomic E-state index is 11.7. The Bertz CT molecular complexity index is 597. The molecule has 0 unspecified atom stereocenters. The van der Waals surface area contributed by atoms with Gasteiger partial charge in [-0.3, -0.25) is 4.79 Å². The van der Waals surface area contributed by atoms with E-state index in [-0.39, 0.29) is 18.6 Å². The molecule has 0 saturated carbocycles. The molecule has 0 bridgehead atoms. The molecule has 1 N–H and O–H groups in total. The summed E-state index contributed by atoms with van der Waals surface area (Å²) in [7, 11) is 0. The van der Waals surface area contributed by atoms with Gasteiger partial charge in [0.1, 0.15) is 0 Å². The first kappa shape index (κ1) is 15.8. The number of amides is 1. The van der Waals surface area contributed by atoms with E-state index >= 15 is 0 Å². The number of hydrogen-bond acceptors (Lipinski definition) is 3. The molecule has 4 nitrogen and oxygen atoms in total. The number of benzene rings is 2. The normalized spacial score (nSPS) is 12.0. The minimum absolute atomic E-state index is 0.0524. The monoisotopic (exact) mass is 296 g/mol. The van der Waals surface area contributed by atoms with Crippen LogP contribution in [0.15, 0.2) is 65.8 Å². The van der Waals surface area contributed by atoms with Crippen LogP contribution in [0.4, 0.5) is 0 Å². The van der Waals surface area contributed by atoms with Crippen molar-refractivity contribution < 1.29 is 9.63 Å². The highest BCUT2D eigenvalue weighted by molar-refractivity contribution is 5.79. The SMILES string of the molecule is C[C@@H](Cc1ccccc1)NC(=O)CO/N=C\c1ccccc1. The first-order valence-electron chi connectivity index (χ1n) is 7.27. The lowest BCUT2D eigenvalue weighted by atomic mass is 10.1. The van der Waals surface area contributed by atoms with Gasteiger partial charge in [-0.05, 0) is 24.5 Å². The van der Waals surface area contributed by atoms with Crippen molar-refractivity contribution in [1.82, 2.24) is 5.32 Å². The molecule has 1 atom stereocenters. The number of rotatable bonds is 7.